The molecule has 1 unspecified atom stereocenters. The van der Waals surface area contributed by atoms with E-state index < -0.39 is 5.97 Å². The van der Waals surface area contributed by atoms with Gasteiger partial charge in [0.25, 0.3) is 0 Å². The lowest BCUT2D eigenvalue weighted by Crippen LogP contribution is -2.50. The molecule has 1 atom stereocenters. The maximum Gasteiger partial charge on any atom is 0.373 e. The van der Waals surface area contributed by atoms with E-state index in [0.717, 1.165) is 43.7 Å². The zero-order valence-corrected chi connectivity index (χ0v) is 15.4. The molecule has 6 nitrogen and oxygen atoms in total. The van der Waals surface area contributed by atoms with Gasteiger partial charge in [-0.3, -0.25) is 9.69 Å². The minimum atomic E-state index is -0.459. The first-order chi connectivity index (χ1) is 13.1. The zero-order valence-electron chi connectivity index (χ0n) is 15.4. The molecule has 6 heteroatoms. The van der Waals surface area contributed by atoms with Gasteiger partial charge in [0.1, 0.15) is 5.76 Å². The van der Waals surface area contributed by atoms with Crippen molar-refractivity contribution in [2.75, 3.05) is 20.2 Å². The average molecular weight is 368 g/mol. The molecule has 1 aromatic heterocycles. The minimum Gasteiger partial charge on any atom is -0.463 e. The summed E-state index contributed by atoms with van der Waals surface area (Å²) in [6, 6.07) is 13.5. The van der Waals surface area contributed by atoms with Crippen molar-refractivity contribution in [1.29, 1.82) is 0 Å². The fourth-order valence-corrected chi connectivity index (χ4v) is 4.20. The number of rotatable bonds is 4. The largest absolute Gasteiger partial charge is 0.463 e. The summed E-state index contributed by atoms with van der Waals surface area (Å²) in [6.07, 6.45) is 2.70. The molecule has 0 bridgehead atoms. The summed E-state index contributed by atoms with van der Waals surface area (Å²) < 4.78 is 10.2. The van der Waals surface area contributed by atoms with E-state index in [-0.39, 0.29) is 23.1 Å². The van der Waals surface area contributed by atoms with Gasteiger partial charge in [-0.15, -0.1) is 0 Å². The van der Waals surface area contributed by atoms with Gasteiger partial charge in [0.05, 0.1) is 19.6 Å². The lowest BCUT2D eigenvalue weighted by atomic mass is 9.82. The Balaban J connectivity index is 1.36. The highest BCUT2D eigenvalue weighted by Gasteiger charge is 2.46. The number of nitrogens with one attached hydrogen (secondary N) is 1. The molecule has 0 radical (unpaired) electrons. The first kappa shape index (κ1) is 17.8. The SMILES string of the molecule is COC(=O)c1ccc(CN2CCC3(CC2)CC(c2ccccc2)C(=O)N3)o1. The molecule has 2 saturated heterocycles. The van der Waals surface area contributed by atoms with E-state index in [2.05, 4.69) is 15.0 Å². The van der Waals surface area contributed by atoms with Crippen LogP contribution in [0.2, 0.25) is 0 Å². The van der Waals surface area contributed by atoms with Crippen LogP contribution in [0.15, 0.2) is 46.9 Å². The van der Waals surface area contributed by atoms with Gasteiger partial charge in [-0.25, -0.2) is 4.79 Å². The Bertz CT molecular complexity index is 822. The molecule has 2 aliphatic heterocycles. The monoisotopic (exact) mass is 368 g/mol. The van der Waals surface area contributed by atoms with Crippen LogP contribution in [-0.2, 0) is 16.1 Å². The number of esters is 1. The van der Waals surface area contributed by atoms with Gasteiger partial charge >= 0.3 is 5.97 Å². The quantitative estimate of drug-likeness (QED) is 0.840. The molecular formula is C21H24N2O4. The molecule has 3 heterocycles. The highest BCUT2D eigenvalue weighted by Crippen LogP contribution is 2.39. The van der Waals surface area contributed by atoms with Crippen LogP contribution in [0.5, 0.6) is 0 Å². The molecule has 1 amide bonds. The van der Waals surface area contributed by atoms with Crippen LogP contribution in [-0.4, -0.2) is 42.5 Å². The smallest absolute Gasteiger partial charge is 0.373 e. The lowest BCUT2D eigenvalue weighted by molar-refractivity contribution is -0.121. The highest BCUT2D eigenvalue weighted by molar-refractivity contribution is 5.87. The maximum atomic E-state index is 12.5. The summed E-state index contributed by atoms with van der Waals surface area (Å²) >= 11 is 0. The van der Waals surface area contributed by atoms with E-state index in [1.54, 1.807) is 6.07 Å². The van der Waals surface area contributed by atoms with Crippen molar-refractivity contribution >= 4 is 11.9 Å². The van der Waals surface area contributed by atoms with E-state index >= 15 is 0 Å². The van der Waals surface area contributed by atoms with Gasteiger partial charge < -0.3 is 14.5 Å². The lowest BCUT2D eigenvalue weighted by Gasteiger charge is -2.39. The molecule has 2 aliphatic rings. The number of amides is 1. The summed E-state index contributed by atoms with van der Waals surface area (Å²) in [5, 5.41) is 3.28. The van der Waals surface area contributed by atoms with Gasteiger partial charge in [-0.05, 0) is 37.0 Å². The first-order valence-corrected chi connectivity index (χ1v) is 9.35. The third-order valence-corrected chi connectivity index (χ3v) is 5.74. The Kier molecular flexibility index (Phi) is 4.74. The third kappa shape index (κ3) is 3.62. The predicted molar refractivity (Wildman–Crippen MR) is 99.2 cm³/mol. The second-order valence-electron chi connectivity index (χ2n) is 7.47. The molecule has 0 saturated carbocycles. The van der Waals surface area contributed by atoms with Crippen LogP contribution in [0.3, 0.4) is 0 Å². The van der Waals surface area contributed by atoms with Crippen LogP contribution in [0.25, 0.3) is 0 Å². The molecule has 0 aliphatic carbocycles. The Hall–Kier alpha value is -2.60. The van der Waals surface area contributed by atoms with Crippen molar-refractivity contribution in [2.45, 2.75) is 37.3 Å². The summed E-state index contributed by atoms with van der Waals surface area (Å²) in [5.41, 5.74) is 0.995. The standard InChI is InChI=1S/C21H24N2O4/c1-26-20(25)18-8-7-16(27-18)14-23-11-9-21(10-12-23)13-17(19(24)22-21)15-5-3-2-4-6-15/h2-8,17H,9-14H2,1H3,(H,22,24). The van der Waals surface area contributed by atoms with Crippen LogP contribution in [0.4, 0.5) is 0 Å². The van der Waals surface area contributed by atoms with Gasteiger partial charge in [0, 0.05) is 18.6 Å². The van der Waals surface area contributed by atoms with Crippen LogP contribution in [0, 0.1) is 0 Å². The fourth-order valence-electron chi connectivity index (χ4n) is 4.20. The first-order valence-electron chi connectivity index (χ1n) is 9.35. The number of nitrogens with zero attached hydrogens (tertiary/aromatic N) is 1. The second kappa shape index (κ2) is 7.19. The molecule has 1 N–H and O–H groups in total. The average Bonchev–Trinajstić information content (AvgIpc) is 3.29. The number of piperidine rings is 1. The van der Waals surface area contributed by atoms with Crippen molar-refractivity contribution in [3.8, 4) is 0 Å². The van der Waals surface area contributed by atoms with E-state index in [1.807, 2.05) is 36.4 Å². The molecule has 4 rings (SSSR count). The molecule has 27 heavy (non-hydrogen) atoms. The minimum absolute atomic E-state index is 0.0505. The second-order valence-corrected chi connectivity index (χ2v) is 7.47. The van der Waals surface area contributed by atoms with Crippen molar-refractivity contribution in [1.82, 2.24) is 10.2 Å². The van der Waals surface area contributed by atoms with E-state index in [0.29, 0.717) is 6.54 Å². The van der Waals surface area contributed by atoms with E-state index in [4.69, 9.17) is 4.42 Å². The number of carbonyl (C=O) groups excluding carboxylic acids is 2. The van der Waals surface area contributed by atoms with Crippen molar-refractivity contribution in [3.63, 3.8) is 0 Å². The van der Waals surface area contributed by atoms with Crippen molar-refractivity contribution in [2.24, 2.45) is 0 Å². The third-order valence-electron chi connectivity index (χ3n) is 5.74. The predicted octanol–water partition coefficient (Wildman–Crippen LogP) is 2.70. The number of hydrogen-bond donors (Lipinski definition) is 1. The van der Waals surface area contributed by atoms with Crippen LogP contribution < -0.4 is 5.32 Å². The van der Waals surface area contributed by atoms with E-state index in [1.165, 1.54) is 7.11 Å². The van der Waals surface area contributed by atoms with Gasteiger partial charge in [-0.2, -0.15) is 0 Å². The Morgan fingerprint density at radius 1 is 1.22 bits per heavy atom. The normalized spacial score (nSPS) is 22.0. The molecule has 142 valence electrons. The maximum absolute atomic E-state index is 12.5. The number of hydrogen-bond acceptors (Lipinski definition) is 5. The topological polar surface area (TPSA) is 71.8 Å². The highest BCUT2D eigenvalue weighted by atomic mass is 16.5. The molecule has 2 fully saturated rings. The summed E-state index contributed by atoms with van der Waals surface area (Å²) in [7, 11) is 1.34. The van der Waals surface area contributed by atoms with Gasteiger partial charge in [0.15, 0.2) is 0 Å². The Labute approximate surface area is 158 Å². The van der Waals surface area contributed by atoms with Crippen LogP contribution >= 0.6 is 0 Å². The van der Waals surface area contributed by atoms with Crippen molar-refractivity contribution < 1.29 is 18.7 Å². The number of ether oxygens (including phenoxy) is 1. The number of methoxy groups -OCH3 is 1. The number of likely N-dealkylation sites (tertiary alicyclic amines) is 1. The molecular weight excluding hydrogens is 344 g/mol. The van der Waals surface area contributed by atoms with Gasteiger partial charge in [-0.1, -0.05) is 30.3 Å². The summed E-state index contributed by atoms with van der Waals surface area (Å²) in [6.45, 7) is 2.43. The van der Waals surface area contributed by atoms with Gasteiger partial charge in [0.2, 0.25) is 11.7 Å². The number of benzene rings is 1. The summed E-state index contributed by atoms with van der Waals surface area (Å²) in [5.74, 6) is 0.618. The Morgan fingerprint density at radius 2 is 1.96 bits per heavy atom. The Morgan fingerprint density at radius 3 is 2.67 bits per heavy atom. The zero-order chi connectivity index (χ0) is 18.9. The van der Waals surface area contributed by atoms with E-state index in [9.17, 15) is 9.59 Å². The molecule has 1 aromatic carbocycles. The molecule has 2 aromatic rings. The van der Waals surface area contributed by atoms with Crippen molar-refractivity contribution in [3.05, 3.63) is 59.5 Å². The van der Waals surface area contributed by atoms with Crippen LogP contribution in [0.1, 0.15) is 47.1 Å². The number of furan rings is 1. The fraction of sp³-hybridized carbons (Fsp3) is 0.429. The molecule has 1 spiro atoms. The number of carbonyl (C=O) groups is 2. The summed E-state index contributed by atoms with van der Waals surface area (Å²) in [4.78, 5) is 26.3.